The van der Waals surface area contributed by atoms with Crippen molar-refractivity contribution in [2.45, 2.75) is 18.8 Å². The lowest BCUT2D eigenvalue weighted by Crippen LogP contribution is -2.33. The van der Waals surface area contributed by atoms with E-state index in [0.29, 0.717) is 5.92 Å². The zero-order valence-electron chi connectivity index (χ0n) is 11.7. The SMILES string of the molecule is c1ccc2c(c1)CCCN2CC1CNc2ccccc21. The van der Waals surface area contributed by atoms with Crippen LogP contribution in [0.1, 0.15) is 23.5 Å². The van der Waals surface area contributed by atoms with Crippen molar-refractivity contribution in [3.63, 3.8) is 0 Å². The Hall–Kier alpha value is -1.96. The number of nitrogens with one attached hydrogen (secondary N) is 1. The summed E-state index contributed by atoms with van der Waals surface area (Å²) >= 11 is 0. The second-order valence-corrected chi connectivity index (χ2v) is 5.84. The number of anilines is 2. The molecule has 2 heteroatoms. The number of hydrogen-bond acceptors (Lipinski definition) is 2. The average Bonchev–Trinajstić information content (AvgIpc) is 2.91. The predicted molar refractivity (Wildman–Crippen MR) is 84.6 cm³/mol. The predicted octanol–water partition coefficient (Wildman–Crippen LogP) is 3.65. The summed E-state index contributed by atoms with van der Waals surface area (Å²) in [7, 11) is 0. The highest BCUT2D eigenvalue weighted by Gasteiger charge is 2.25. The van der Waals surface area contributed by atoms with Gasteiger partial charge in [-0.15, -0.1) is 0 Å². The van der Waals surface area contributed by atoms with Crippen LogP contribution in [0.4, 0.5) is 11.4 Å². The average molecular weight is 264 g/mol. The lowest BCUT2D eigenvalue weighted by molar-refractivity contribution is 0.638. The van der Waals surface area contributed by atoms with E-state index in [-0.39, 0.29) is 0 Å². The second kappa shape index (κ2) is 4.86. The molecular formula is C18H20N2. The molecular weight excluding hydrogens is 244 g/mol. The first-order valence-electron chi connectivity index (χ1n) is 7.57. The van der Waals surface area contributed by atoms with Crippen LogP contribution in [-0.2, 0) is 6.42 Å². The Labute approximate surface area is 120 Å². The molecule has 0 saturated heterocycles. The lowest BCUT2D eigenvalue weighted by Gasteiger charge is -2.33. The summed E-state index contributed by atoms with van der Waals surface area (Å²) < 4.78 is 0. The van der Waals surface area contributed by atoms with Gasteiger partial charge in [0.05, 0.1) is 0 Å². The molecule has 0 bridgehead atoms. The number of hydrogen-bond donors (Lipinski definition) is 1. The summed E-state index contributed by atoms with van der Waals surface area (Å²) in [5.41, 5.74) is 5.76. The molecule has 1 N–H and O–H groups in total. The first-order chi connectivity index (χ1) is 9.92. The van der Waals surface area contributed by atoms with Crippen LogP contribution in [0.25, 0.3) is 0 Å². The highest BCUT2D eigenvalue weighted by Crippen LogP contribution is 2.34. The molecule has 0 radical (unpaired) electrons. The zero-order chi connectivity index (χ0) is 13.4. The Morgan fingerprint density at radius 1 is 1.05 bits per heavy atom. The van der Waals surface area contributed by atoms with Gasteiger partial charge in [0, 0.05) is 36.9 Å². The molecule has 102 valence electrons. The Kier molecular flexibility index (Phi) is 2.87. The molecule has 0 saturated carbocycles. The molecule has 1 unspecified atom stereocenters. The molecule has 20 heavy (non-hydrogen) atoms. The molecule has 0 aromatic heterocycles. The van der Waals surface area contributed by atoms with Crippen LogP contribution < -0.4 is 10.2 Å². The minimum absolute atomic E-state index is 0.609. The van der Waals surface area contributed by atoms with E-state index < -0.39 is 0 Å². The number of nitrogens with zero attached hydrogens (tertiary/aromatic N) is 1. The van der Waals surface area contributed by atoms with Gasteiger partial charge in [0.15, 0.2) is 0 Å². The van der Waals surface area contributed by atoms with Gasteiger partial charge in [0.1, 0.15) is 0 Å². The minimum atomic E-state index is 0.609. The molecule has 2 aromatic rings. The maximum Gasteiger partial charge on any atom is 0.0398 e. The Balaban J connectivity index is 1.59. The van der Waals surface area contributed by atoms with Crippen LogP contribution in [0.3, 0.4) is 0 Å². The first kappa shape index (κ1) is 11.8. The third kappa shape index (κ3) is 1.96. The van der Waals surface area contributed by atoms with E-state index in [9.17, 15) is 0 Å². The number of rotatable bonds is 2. The number of benzene rings is 2. The zero-order valence-corrected chi connectivity index (χ0v) is 11.7. The molecule has 0 aliphatic carbocycles. The van der Waals surface area contributed by atoms with Crippen molar-refractivity contribution in [3.8, 4) is 0 Å². The maximum atomic E-state index is 3.54. The van der Waals surface area contributed by atoms with E-state index in [4.69, 9.17) is 0 Å². The molecule has 2 aliphatic heterocycles. The number of aryl methyl sites for hydroxylation is 1. The van der Waals surface area contributed by atoms with Crippen molar-refractivity contribution in [1.82, 2.24) is 0 Å². The standard InChI is InChI=1S/C18H20N2/c1-4-10-18-14(6-1)7-5-11-20(18)13-15-12-19-17-9-3-2-8-16(15)17/h1-4,6,8-10,15,19H,5,7,11-13H2. The fourth-order valence-electron chi connectivity index (χ4n) is 3.59. The molecule has 2 aromatic carbocycles. The van der Waals surface area contributed by atoms with Crippen molar-refractivity contribution in [2.75, 3.05) is 29.9 Å². The topological polar surface area (TPSA) is 15.3 Å². The molecule has 2 aliphatic rings. The molecule has 2 nitrogen and oxygen atoms in total. The summed E-state index contributed by atoms with van der Waals surface area (Å²) in [4.78, 5) is 2.58. The van der Waals surface area contributed by atoms with Gasteiger partial charge < -0.3 is 10.2 Å². The van der Waals surface area contributed by atoms with E-state index in [0.717, 1.165) is 13.1 Å². The van der Waals surface area contributed by atoms with Crippen LogP contribution in [0.5, 0.6) is 0 Å². The monoisotopic (exact) mass is 264 g/mol. The van der Waals surface area contributed by atoms with Crippen molar-refractivity contribution in [1.29, 1.82) is 0 Å². The van der Waals surface area contributed by atoms with Crippen molar-refractivity contribution < 1.29 is 0 Å². The largest absolute Gasteiger partial charge is 0.384 e. The summed E-state index contributed by atoms with van der Waals surface area (Å²) in [5, 5.41) is 3.54. The summed E-state index contributed by atoms with van der Waals surface area (Å²) in [5.74, 6) is 0.609. The first-order valence-corrected chi connectivity index (χ1v) is 7.57. The van der Waals surface area contributed by atoms with E-state index in [1.165, 1.54) is 41.9 Å². The summed E-state index contributed by atoms with van der Waals surface area (Å²) in [6, 6.07) is 17.6. The summed E-state index contributed by atoms with van der Waals surface area (Å²) in [6.07, 6.45) is 2.50. The highest BCUT2D eigenvalue weighted by molar-refractivity contribution is 5.60. The fraction of sp³-hybridized carbons (Fsp3) is 0.333. The molecule has 0 amide bonds. The van der Waals surface area contributed by atoms with Crippen LogP contribution in [0.15, 0.2) is 48.5 Å². The van der Waals surface area contributed by atoms with E-state index in [2.05, 4.69) is 58.7 Å². The molecule has 0 spiro atoms. The Bertz CT molecular complexity index is 620. The van der Waals surface area contributed by atoms with Crippen LogP contribution in [-0.4, -0.2) is 19.6 Å². The normalized spacial score (nSPS) is 20.2. The van der Waals surface area contributed by atoms with E-state index in [1.807, 2.05) is 0 Å². The third-order valence-corrected chi connectivity index (χ3v) is 4.59. The Morgan fingerprint density at radius 2 is 1.90 bits per heavy atom. The molecule has 0 fully saturated rings. The van der Waals surface area contributed by atoms with Crippen LogP contribution >= 0.6 is 0 Å². The van der Waals surface area contributed by atoms with Gasteiger partial charge in [-0.1, -0.05) is 36.4 Å². The molecule has 1 atom stereocenters. The lowest BCUT2D eigenvalue weighted by atomic mass is 9.97. The van der Waals surface area contributed by atoms with Gasteiger partial charge >= 0.3 is 0 Å². The van der Waals surface area contributed by atoms with E-state index in [1.54, 1.807) is 0 Å². The van der Waals surface area contributed by atoms with Crippen molar-refractivity contribution >= 4 is 11.4 Å². The number of fused-ring (bicyclic) bond motifs is 2. The maximum absolute atomic E-state index is 3.54. The van der Waals surface area contributed by atoms with Crippen LogP contribution in [0, 0.1) is 0 Å². The highest BCUT2D eigenvalue weighted by atomic mass is 15.1. The van der Waals surface area contributed by atoms with Crippen LogP contribution in [0.2, 0.25) is 0 Å². The van der Waals surface area contributed by atoms with Gasteiger partial charge in [-0.05, 0) is 36.1 Å². The fourth-order valence-corrected chi connectivity index (χ4v) is 3.59. The molecule has 2 heterocycles. The number of para-hydroxylation sites is 2. The molecule has 4 rings (SSSR count). The quantitative estimate of drug-likeness (QED) is 0.890. The van der Waals surface area contributed by atoms with Gasteiger partial charge in [-0.25, -0.2) is 0 Å². The van der Waals surface area contributed by atoms with E-state index >= 15 is 0 Å². The van der Waals surface area contributed by atoms with Gasteiger partial charge in [0.25, 0.3) is 0 Å². The van der Waals surface area contributed by atoms with Gasteiger partial charge in [0.2, 0.25) is 0 Å². The summed E-state index contributed by atoms with van der Waals surface area (Å²) in [6.45, 7) is 3.38. The minimum Gasteiger partial charge on any atom is -0.384 e. The second-order valence-electron chi connectivity index (χ2n) is 5.84. The van der Waals surface area contributed by atoms with Crippen molar-refractivity contribution in [3.05, 3.63) is 59.7 Å². The Morgan fingerprint density at radius 3 is 2.90 bits per heavy atom. The van der Waals surface area contributed by atoms with Gasteiger partial charge in [-0.2, -0.15) is 0 Å². The smallest absolute Gasteiger partial charge is 0.0398 e. The van der Waals surface area contributed by atoms with Crippen molar-refractivity contribution in [2.24, 2.45) is 0 Å². The van der Waals surface area contributed by atoms with Gasteiger partial charge in [-0.3, -0.25) is 0 Å². The third-order valence-electron chi connectivity index (χ3n) is 4.59.